The molecular formula is C33H40ClN3O4S. The monoisotopic (exact) mass is 609 g/mol. The lowest BCUT2D eigenvalue weighted by atomic mass is 9.94. The lowest BCUT2D eigenvalue weighted by Crippen LogP contribution is -2.55. The van der Waals surface area contributed by atoms with Crippen molar-refractivity contribution in [1.82, 2.24) is 10.2 Å². The van der Waals surface area contributed by atoms with Crippen molar-refractivity contribution in [3.8, 4) is 0 Å². The summed E-state index contributed by atoms with van der Waals surface area (Å²) in [6.07, 6.45) is 6.43. The van der Waals surface area contributed by atoms with Crippen molar-refractivity contribution in [2.75, 3.05) is 17.1 Å². The largest absolute Gasteiger partial charge is 0.352 e. The van der Waals surface area contributed by atoms with E-state index in [1.165, 1.54) is 4.90 Å². The van der Waals surface area contributed by atoms with Crippen LogP contribution in [-0.2, 0) is 32.6 Å². The summed E-state index contributed by atoms with van der Waals surface area (Å²) in [5, 5.41) is 3.68. The third-order valence-corrected chi connectivity index (χ3v) is 9.37. The van der Waals surface area contributed by atoms with Crippen LogP contribution in [0, 0.1) is 13.8 Å². The Morgan fingerprint density at radius 3 is 2.14 bits per heavy atom. The van der Waals surface area contributed by atoms with Gasteiger partial charge in [-0.1, -0.05) is 97.6 Å². The number of para-hydroxylation sites is 1. The summed E-state index contributed by atoms with van der Waals surface area (Å²) in [6.45, 7) is 3.25. The molecule has 2 amide bonds. The van der Waals surface area contributed by atoms with Gasteiger partial charge in [0.1, 0.15) is 12.6 Å². The fraction of sp³-hybridized carbons (Fsp3) is 0.394. The standard InChI is InChI=1S/C33H40ClN3O4S/c1-24-13-12-14-25(2)32(24)37(42(3,40)41)23-31(38)36(22-27-17-10-11-20-29(27)34)30(21-26-15-6-4-7-16-26)33(39)35-28-18-8-5-9-19-28/h4,6-7,10-17,20,28,30H,5,8-9,18-19,21-23H2,1-3H3,(H,35,39)/t30-/m1/s1. The molecule has 1 aliphatic rings. The Morgan fingerprint density at radius 2 is 1.52 bits per heavy atom. The molecule has 3 aromatic rings. The molecule has 224 valence electrons. The van der Waals surface area contributed by atoms with Gasteiger partial charge in [0.15, 0.2) is 0 Å². The lowest BCUT2D eigenvalue weighted by Gasteiger charge is -2.35. The van der Waals surface area contributed by atoms with Gasteiger partial charge in [-0.05, 0) is 55.0 Å². The summed E-state index contributed by atoms with van der Waals surface area (Å²) in [5.41, 5.74) is 3.52. The Morgan fingerprint density at radius 1 is 0.905 bits per heavy atom. The Bertz CT molecular complexity index is 1470. The molecule has 1 saturated carbocycles. The van der Waals surface area contributed by atoms with Gasteiger partial charge in [0.05, 0.1) is 11.9 Å². The summed E-state index contributed by atoms with van der Waals surface area (Å²) in [7, 11) is -3.84. The Kier molecular flexibility index (Phi) is 10.7. The van der Waals surface area contributed by atoms with Crippen LogP contribution in [0.4, 0.5) is 5.69 Å². The number of hydrogen-bond donors (Lipinski definition) is 1. The topological polar surface area (TPSA) is 86.8 Å². The second-order valence-corrected chi connectivity index (χ2v) is 13.5. The van der Waals surface area contributed by atoms with Crippen LogP contribution in [0.25, 0.3) is 0 Å². The quantitative estimate of drug-likeness (QED) is 0.297. The van der Waals surface area contributed by atoms with Crippen molar-refractivity contribution in [2.45, 2.75) is 71.0 Å². The van der Waals surface area contributed by atoms with E-state index in [0.717, 1.165) is 59.4 Å². The van der Waals surface area contributed by atoms with Crippen LogP contribution in [0.2, 0.25) is 5.02 Å². The average Bonchev–Trinajstić information content (AvgIpc) is 2.95. The molecule has 7 nitrogen and oxygen atoms in total. The van der Waals surface area contributed by atoms with Gasteiger partial charge in [0.25, 0.3) is 0 Å². The van der Waals surface area contributed by atoms with E-state index in [1.54, 1.807) is 6.07 Å². The molecule has 42 heavy (non-hydrogen) atoms. The number of aryl methyl sites for hydroxylation is 2. The van der Waals surface area contributed by atoms with Crippen LogP contribution in [0.1, 0.15) is 54.4 Å². The number of carbonyl (C=O) groups excluding carboxylic acids is 2. The average molecular weight is 610 g/mol. The number of anilines is 1. The first kappa shape index (κ1) is 31.6. The van der Waals surface area contributed by atoms with E-state index in [-0.39, 0.29) is 24.9 Å². The van der Waals surface area contributed by atoms with Crippen LogP contribution in [-0.4, -0.2) is 50.0 Å². The van der Waals surface area contributed by atoms with Gasteiger partial charge in [0, 0.05) is 24.0 Å². The molecule has 1 fully saturated rings. The minimum absolute atomic E-state index is 0.0453. The molecule has 0 saturated heterocycles. The molecule has 0 heterocycles. The summed E-state index contributed by atoms with van der Waals surface area (Å²) < 4.78 is 27.4. The van der Waals surface area contributed by atoms with E-state index < -0.39 is 28.5 Å². The van der Waals surface area contributed by atoms with Gasteiger partial charge in [-0.15, -0.1) is 0 Å². The predicted molar refractivity (Wildman–Crippen MR) is 169 cm³/mol. The number of benzene rings is 3. The fourth-order valence-corrected chi connectivity index (χ4v) is 6.84. The van der Waals surface area contributed by atoms with E-state index >= 15 is 0 Å². The molecule has 4 rings (SSSR count). The summed E-state index contributed by atoms with van der Waals surface area (Å²) >= 11 is 6.54. The van der Waals surface area contributed by atoms with Gasteiger partial charge in [0.2, 0.25) is 21.8 Å². The Hall–Kier alpha value is -3.36. The fourth-order valence-electron chi connectivity index (χ4n) is 5.68. The minimum atomic E-state index is -3.84. The Labute approximate surface area is 254 Å². The van der Waals surface area contributed by atoms with Crippen molar-refractivity contribution < 1.29 is 18.0 Å². The highest BCUT2D eigenvalue weighted by Gasteiger charge is 2.35. The normalized spacial score (nSPS) is 14.7. The first-order valence-electron chi connectivity index (χ1n) is 14.5. The van der Waals surface area contributed by atoms with Crippen LogP contribution in [0.3, 0.4) is 0 Å². The minimum Gasteiger partial charge on any atom is -0.352 e. The molecule has 0 aromatic heterocycles. The first-order chi connectivity index (χ1) is 20.0. The van der Waals surface area contributed by atoms with E-state index in [9.17, 15) is 18.0 Å². The highest BCUT2D eigenvalue weighted by Crippen LogP contribution is 2.28. The van der Waals surface area contributed by atoms with E-state index in [1.807, 2.05) is 80.6 Å². The zero-order chi connectivity index (χ0) is 30.3. The van der Waals surface area contributed by atoms with Crippen molar-refractivity contribution in [2.24, 2.45) is 0 Å². The maximum atomic E-state index is 14.3. The van der Waals surface area contributed by atoms with Gasteiger partial charge in [-0.25, -0.2) is 8.42 Å². The van der Waals surface area contributed by atoms with Gasteiger partial charge >= 0.3 is 0 Å². The lowest BCUT2D eigenvalue weighted by molar-refractivity contribution is -0.140. The Balaban J connectivity index is 1.76. The van der Waals surface area contributed by atoms with Crippen LogP contribution in [0.15, 0.2) is 72.8 Å². The molecule has 0 spiro atoms. The van der Waals surface area contributed by atoms with Crippen LogP contribution in [0.5, 0.6) is 0 Å². The van der Waals surface area contributed by atoms with Gasteiger partial charge in [-0.2, -0.15) is 0 Å². The number of carbonyl (C=O) groups is 2. The number of sulfonamides is 1. The van der Waals surface area contributed by atoms with Crippen molar-refractivity contribution in [3.63, 3.8) is 0 Å². The van der Waals surface area contributed by atoms with Crippen molar-refractivity contribution in [3.05, 3.63) is 100 Å². The third-order valence-electron chi connectivity index (χ3n) is 7.89. The SMILES string of the molecule is Cc1cccc(C)c1N(CC(=O)N(Cc1ccccc1Cl)[C@H](Cc1ccccc1)C(=O)NC1CCCCC1)S(C)(=O)=O. The van der Waals surface area contributed by atoms with Crippen molar-refractivity contribution >= 4 is 39.1 Å². The molecule has 1 atom stereocenters. The highest BCUT2D eigenvalue weighted by atomic mass is 35.5. The molecule has 0 aliphatic heterocycles. The van der Waals surface area contributed by atoms with Crippen molar-refractivity contribution in [1.29, 1.82) is 0 Å². The molecule has 3 aromatic carbocycles. The zero-order valence-electron chi connectivity index (χ0n) is 24.6. The molecule has 0 bridgehead atoms. The number of hydrogen-bond acceptors (Lipinski definition) is 4. The molecular weight excluding hydrogens is 570 g/mol. The highest BCUT2D eigenvalue weighted by molar-refractivity contribution is 7.92. The van der Waals surface area contributed by atoms with E-state index in [4.69, 9.17) is 11.6 Å². The van der Waals surface area contributed by atoms with E-state index in [0.29, 0.717) is 16.3 Å². The summed E-state index contributed by atoms with van der Waals surface area (Å²) in [6, 6.07) is 21.4. The third kappa shape index (κ3) is 8.13. The number of nitrogens with one attached hydrogen (secondary N) is 1. The van der Waals surface area contributed by atoms with E-state index in [2.05, 4.69) is 5.32 Å². The number of halogens is 1. The smallest absolute Gasteiger partial charge is 0.244 e. The van der Waals surface area contributed by atoms with Gasteiger partial charge < -0.3 is 10.2 Å². The summed E-state index contributed by atoms with van der Waals surface area (Å²) in [5.74, 6) is -0.730. The second kappa shape index (κ2) is 14.2. The zero-order valence-corrected chi connectivity index (χ0v) is 26.1. The molecule has 0 radical (unpaired) electrons. The predicted octanol–water partition coefficient (Wildman–Crippen LogP) is 5.81. The maximum Gasteiger partial charge on any atom is 0.244 e. The number of amides is 2. The maximum absolute atomic E-state index is 14.3. The molecule has 0 unspecified atom stereocenters. The van der Waals surface area contributed by atoms with Crippen LogP contribution < -0.4 is 9.62 Å². The molecule has 1 N–H and O–H groups in total. The number of rotatable bonds is 11. The molecule has 9 heteroatoms. The van der Waals surface area contributed by atoms with Gasteiger partial charge in [-0.3, -0.25) is 13.9 Å². The number of nitrogens with zero attached hydrogens (tertiary/aromatic N) is 2. The molecule has 1 aliphatic carbocycles. The first-order valence-corrected chi connectivity index (χ1v) is 16.7. The summed E-state index contributed by atoms with van der Waals surface area (Å²) in [4.78, 5) is 29.9. The van der Waals surface area contributed by atoms with Crippen LogP contribution >= 0.6 is 11.6 Å². The second-order valence-electron chi connectivity index (χ2n) is 11.2.